The van der Waals surface area contributed by atoms with Gasteiger partial charge < -0.3 is 19.5 Å². The normalized spacial score (nSPS) is 12.2. The molecule has 0 saturated carbocycles. The van der Waals surface area contributed by atoms with E-state index in [0.29, 0.717) is 22.5 Å². The van der Waals surface area contributed by atoms with Crippen molar-refractivity contribution in [1.82, 2.24) is 19.6 Å². The van der Waals surface area contributed by atoms with Gasteiger partial charge in [-0.1, -0.05) is 48.5 Å². The molecule has 204 valence electrons. The highest BCUT2D eigenvalue weighted by molar-refractivity contribution is 6.04. The summed E-state index contributed by atoms with van der Waals surface area (Å²) in [6.07, 6.45) is 2.56. The lowest BCUT2D eigenvalue weighted by Gasteiger charge is -2.27. The quantitative estimate of drug-likeness (QED) is 0.357. The number of carbonyl (C=O) groups is 2. The van der Waals surface area contributed by atoms with Crippen LogP contribution in [0.2, 0.25) is 0 Å². The summed E-state index contributed by atoms with van der Waals surface area (Å²) in [7, 11) is 6.13. The van der Waals surface area contributed by atoms with Crippen LogP contribution >= 0.6 is 0 Å². The second-order valence-corrected chi connectivity index (χ2v) is 9.37. The lowest BCUT2D eigenvalue weighted by atomic mass is 9.79. The lowest BCUT2D eigenvalue weighted by molar-refractivity contribution is 0.0827. The summed E-state index contributed by atoms with van der Waals surface area (Å²) in [5.74, 6) is -1.78. The van der Waals surface area contributed by atoms with E-state index in [1.165, 1.54) is 29.0 Å². The molecule has 4 rings (SSSR count). The van der Waals surface area contributed by atoms with Gasteiger partial charge in [0.05, 0.1) is 24.9 Å². The van der Waals surface area contributed by atoms with Crippen molar-refractivity contribution in [3.05, 3.63) is 105 Å². The standard InChI is InChI=1S/C29H28N6O5/c1-17(26-33-24(25(39-5)29(38)35(26)4)27(36)32-21-15-31-40-16-21)23(18-9-7-6-8-10-18)22-12-11-19(13-20(22)14-30)28(37)34(2)3/h6-13,15-17,23H,1-5H3,(H,32,36)/t17?,23-/m0/s1. The number of rotatable bonds is 8. The third-order valence-corrected chi connectivity index (χ3v) is 6.62. The molecular weight excluding hydrogens is 512 g/mol. The lowest BCUT2D eigenvalue weighted by Crippen LogP contribution is -2.31. The van der Waals surface area contributed by atoms with Crippen molar-refractivity contribution in [3.8, 4) is 11.8 Å². The molecule has 0 fully saturated rings. The first-order valence-corrected chi connectivity index (χ1v) is 12.3. The first kappa shape index (κ1) is 27.8. The van der Waals surface area contributed by atoms with Gasteiger partial charge in [-0.25, -0.2) is 4.98 Å². The van der Waals surface area contributed by atoms with E-state index in [9.17, 15) is 19.6 Å². The third kappa shape index (κ3) is 5.33. The van der Waals surface area contributed by atoms with Gasteiger partial charge in [0.2, 0.25) is 5.75 Å². The fraction of sp³-hybridized carbons (Fsp3) is 0.241. The highest BCUT2D eigenvalue weighted by Gasteiger charge is 2.31. The number of benzene rings is 2. The second kappa shape index (κ2) is 11.7. The SMILES string of the molecule is COc1c(C(=O)Nc2cnoc2)nc(C(C)[C@@H](c2ccccc2)c2ccc(C(=O)N(C)C)cc2C#N)n(C)c1=O. The molecule has 11 heteroatoms. The van der Waals surface area contributed by atoms with Crippen LogP contribution in [0.15, 0.2) is 70.3 Å². The minimum Gasteiger partial charge on any atom is -0.489 e. The Morgan fingerprint density at radius 3 is 2.50 bits per heavy atom. The molecule has 0 aliphatic carbocycles. The Balaban J connectivity index is 1.89. The number of ether oxygens (including phenoxy) is 1. The largest absolute Gasteiger partial charge is 0.489 e. The molecule has 2 aromatic heterocycles. The molecule has 0 radical (unpaired) electrons. The van der Waals surface area contributed by atoms with E-state index in [2.05, 4.69) is 21.5 Å². The zero-order valence-corrected chi connectivity index (χ0v) is 22.7. The smallest absolute Gasteiger partial charge is 0.296 e. The summed E-state index contributed by atoms with van der Waals surface area (Å²) < 4.78 is 11.4. The third-order valence-electron chi connectivity index (χ3n) is 6.62. The summed E-state index contributed by atoms with van der Waals surface area (Å²) in [5.41, 5.74) is 1.75. The number of amides is 2. The Bertz CT molecular complexity index is 1640. The number of anilines is 1. The molecule has 2 aromatic carbocycles. The fourth-order valence-corrected chi connectivity index (χ4v) is 4.66. The molecular formula is C29H28N6O5. The number of nitriles is 1. The summed E-state index contributed by atoms with van der Waals surface area (Å²) in [6.45, 7) is 1.87. The van der Waals surface area contributed by atoms with Crippen LogP contribution in [0.1, 0.15) is 62.1 Å². The van der Waals surface area contributed by atoms with Crippen LogP contribution in [0.3, 0.4) is 0 Å². The maximum absolute atomic E-state index is 13.3. The second-order valence-electron chi connectivity index (χ2n) is 9.37. The van der Waals surface area contributed by atoms with E-state index >= 15 is 0 Å². The first-order chi connectivity index (χ1) is 19.2. The van der Waals surface area contributed by atoms with Gasteiger partial charge in [-0.3, -0.25) is 19.0 Å². The maximum atomic E-state index is 13.3. The van der Waals surface area contributed by atoms with Gasteiger partial charge in [-0.05, 0) is 23.3 Å². The number of hydrogen-bond donors (Lipinski definition) is 1. The Morgan fingerprint density at radius 2 is 1.90 bits per heavy atom. The zero-order valence-electron chi connectivity index (χ0n) is 22.7. The summed E-state index contributed by atoms with van der Waals surface area (Å²) in [5, 5.41) is 16.3. The van der Waals surface area contributed by atoms with Crippen molar-refractivity contribution in [1.29, 1.82) is 5.26 Å². The molecule has 11 nitrogen and oxygen atoms in total. The summed E-state index contributed by atoms with van der Waals surface area (Å²) in [6, 6.07) is 16.7. The van der Waals surface area contributed by atoms with Crippen LogP contribution in [0, 0.1) is 11.3 Å². The topological polar surface area (TPSA) is 143 Å². The van der Waals surface area contributed by atoms with Gasteiger partial charge in [-0.15, -0.1) is 0 Å². The molecule has 0 aliphatic heterocycles. The van der Waals surface area contributed by atoms with Crippen LogP contribution in [0.5, 0.6) is 5.75 Å². The van der Waals surface area contributed by atoms with Crippen LogP contribution in [-0.4, -0.2) is 52.6 Å². The zero-order chi connectivity index (χ0) is 29.0. The number of aromatic nitrogens is 3. The number of hydrogen-bond acceptors (Lipinski definition) is 8. The summed E-state index contributed by atoms with van der Waals surface area (Å²) in [4.78, 5) is 45.1. The van der Waals surface area contributed by atoms with Crippen molar-refractivity contribution in [2.24, 2.45) is 7.05 Å². The fourth-order valence-electron chi connectivity index (χ4n) is 4.66. The van der Waals surface area contributed by atoms with E-state index in [1.54, 1.807) is 39.3 Å². The number of methoxy groups -OCH3 is 1. The molecule has 40 heavy (non-hydrogen) atoms. The van der Waals surface area contributed by atoms with Gasteiger partial charge in [0.25, 0.3) is 17.4 Å². The highest BCUT2D eigenvalue weighted by Crippen LogP contribution is 2.39. The monoisotopic (exact) mass is 540 g/mol. The van der Waals surface area contributed by atoms with Gasteiger partial charge in [-0.2, -0.15) is 5.26 Å². The molecule has 0 bridgehead atoms. The van der Waals surface area contributed by atoms with Crippen LogP contribution in [-0.2, 0) is 7.05 Å². The highest BCUT2D eigenvalue weighted by atomic mass is 16.5. The van der Waals surface area contributed by atoms with Crippen LogP contribution in [0.4, 0.5) is 5.69 Å². The molecule has 0 aliphatic rings. The number of nitrogens with one attached hydrogen (secondary N) is 1. The predicted molar refractivity (Wildman–Crippen MR) is 146 cm³/mol. The van der Waals surface area contributed by atoms with Crippen molar-refractivity contribution < 1.29 is 18.8 Å². The molecule has 4 aromatic rings. The van der Waals surface area contributed by atoms with Gasteiger partial charge in [0, 0.05) is 38.5 Å². The van der Waals surface area contributed by atoms with E-state index in [0.717, 1.165) is 5.56 Å². The average Bonchev–Trinajstić information content (AvgIpc) is 3.47. The number of carbonyl (C=O) groups excluding carboxylic acids is 2. The molecule has 1 N–H and O–H groups in total. The Hall–Kier alpha value is -5.24. The molecule has 2 heterocycles. The van der Waals surface area contributed by atoms with E-state index in [1.807, 2.05) is 37.3 Å². The van der Waals surface area contributed by atoms with E-state index < -0.39 is 23.3 Å². The molecule has 1 unspecified atom stereocenters. The van der Waals surface area contributed by atoms with Crippen molar-refractivity contribution >= 4 is 17.5 Å². The first-order valence-electron chi connectivity index (χ1n) is 12.3. The van der Waals surface area contributed by atoms with Crippen LogP contribution < -0.4 is 15.6 Å². The minimum absolute atomic E-state index is 0.201. The molecule has 0 spiro atoms. The Morgan fingerprint density at radius 1 is 1.18 bits per heavy atom. The minimum atomic E-state index is -0.674. The van der Waals surface area contributed by atoms with E-state index in [-0.39, 0.29) is 23.0 Å². The molecule has 2 atom stereocenters. The number of nitrogens with zero attached hydrogens (tertiary/aromatic N) is 5. The van der Waals surface area contributed by atoms with Crippen molar-refractivity contribution in [3.63, 3.8) is 0 Å². The summed E-state index contributed by atoms with van der Waals surface area (Å²) >= 11 is 0. The van der Waals surface area contributed by atoms with Crippen molar-refractivity contribution in [2.75, 3.05) is 26.5 Å². The predicted octanol–water partition coefficient (Wildman–Crippen LogP) is 3.54. The van der Waals surface area contributed by atoms with Gasteiger partial charge in [0.15, 0.2) is 5.69 Å². The van der Waals surface area contributed by atoms with Crippen LogP contribution in [0.25, 0.3) is 0 Å². The van der Waals surface area contributed by atoms with Crippen molar-refractivity contribution in [2.45, 2.75) is 18.8 Å². The average molecular weight is 541 g/mol. The molecule has 0 saturated heterocycles. The van der Waals surface area contributed by atoms with E-state index in [4.69, 9.17) is 9.26 Å². The Kier molecular flexibility index (Phi) is 8.09. The Labute approximate surface area is 230 Å². The van der Waals surface area contributed by atoms with Gasteiger partial charge in [0.1, 0.15) is 17.8 Å². The van der Waals surface area contributed by atoms with Gasteiger partial charge >= 0.3 is 0 Å². The molecule has 2 amide bonds. The maximum Gasteiger partial charge on any atom is 0.296 e.